The van der Waals surface area contributed by atoms with Crippen LogP contribution in [0.1, 0.15) is 17.4 Å². The number of aromatic nitrogens is 4. The van der Waals surface area contributed by atoms with Gasteiger partial charge in [-0.2, -0.15) is 0 Å². The number of rotatable bonds is 6. The Labute approximate surface area is 150 Å². The van der Waals surface area contributed by atoms with E-state index in [0.717, 1.165) is 11.2 Å². The van der Waals surface area contributed by atoms with Crippen molar-refractivity contribution >= 4 is 17.0 Å². The zero-order chi connectivity index (χ0) is 17.9. The SMILES string of the molecule is Cn1cnc2c(N(Cc3ccccc3)CC(O)c3ccco3)ncnc21. The van der Waals surface area contributed by atoms with Gasteiger partial charge in [0.15, 0.2) is 17.0 Å². The van der Waals surface area contributed by atoms with E-state index in [4.69, 9.17) is 4.42 Å². The van der Waals surface area contributed by atoms with Gasteiger partial charge in [0.2, 0.25) is 0 Å². The fourth-order valence-electron chi connectivity index (χ4n) is 2.97. The van der Waals surface area contributed by atoms with Gasteiger partial charge in [0, 0.05) is 13.6 Å². The maximum atomic E-state index is 10.6. The normalized spacial score (nSPS) is 12.4. The van der Waals surface area contributed by atoms with Crippen molar-refractivity contribution < 1.29 is 9.52 Å². The number of hydrogen-bond donors (Lipinski definition) is 1. The number of aliphatic hydroxyl groups excluding tert-OH is 1. The smallest absolute Gasteiger partial charge is 0.165 e. The molecular weight excluding hydrogens is 330 g/mol. The minimum Gasteiger partial charge on any atom is -0.467 e. The van der Waals surface area contributed by atoms with E-state index in [1.165, 1.54) is 6.33 Å². The van der Waals surface area contributed by atoms with Gasteiger partial charge in [-0.1, -0.05) is 30.3 Å². The maximum Gasteiger partial charge on any atom is 0.165 e. The van der Waals surface area contributed by atoms with E-state index in [-0.39, 0.29) is 0 Å². The number of furan rings is 1. The van der Waals surface area contributed by atoms with Gasteiger partial charge >= 0.3 is 0 Å². The summed E-state index contributed by atoms with van der Waals surface area (Å²) in [6.45, 7) is 0.909. The molecule has 0 aliphatic heterocycles. The van der Waals surface area contributed by atoms with Crippen LogP contribution >= 0.6 is 0 Å². The van der Waals surface area contributed by atoms with Gasteiger partial charge in [-0.3, -0.25) is 0 Å². The average Bonchev–Trinajstić information content (AvgIpc) is 3.32. The highest BCUT2D eigenvalue weighted by atomic mass is 16.4. The molecule has 0 fully saturated rings. The van der Waals surface area contributed by atoms with E-state index >= 15 is 0 Å². The molecule has 3 aromatic heterocycles. The highest BCUT2D eigenvalue weighted by molar-refractivity contribution is 5.83. The van der Waals surface area contributed by atoms with Crippen LogP contribution in [0.25, 0.3) is 11.2 Å². The molecule has 132 valence electrons. The monoisotopic (exact) mass is 349 g/mol. The van der Waals surface area contributed by atoms with E-state index in [2.05, 4.69) is 15.0 Å². The second kappa shape index (κ2) is 6.97. The first kappa shape index (κ1) is 16.3. The Hall–Kier alpha value is -3.19. The first-order valence-corrected chi connectivity index (χ1v) is 8.35. The van der Waals surface area contributed by atoms with Crippen LogP contribution in [0.15, 0.2) is 65.8 Å². The van der Waals surface area contributed by atoms with Gasteiger partial charge in [0.1, 0.15) is 18.2 Å². The molecule has 0 spiro atoms. The van der Waals surface area contributed by atoms with Crippen LogP contribution in [0.2, 0.25) is 0 Å². The molecule has 0 aliphatic rings. The standard InChI is InChI=1S/C19H19N5O2/c1-23-13-22-17-18(23)20-12-21-19(17)24(10-14-6-3-2-4-7-14)11-15(25)16-8-5-9-26-16/h2-9,12-13,15,25H,10-11H2,1H3. The first-order valence-electron chi connectivity index (χ1n) is 8.35. The van der Waals surface area contributed by atoms with Gasteiger partial charge in [-0.15, -0.1) is 0 Å². The topological polar surface area (TPSA) is 80.2 Å². The van der Waals surface area contributed by atoms with Crippen LogP contribution in [-0.4, -0.2) is 31.2 Å². The van der Waals surface area contributed by atoms with E-state index < -0.39 is 6.10 Å². The molecule has 0 saturated heterocycles. The van der Waals surface area contributed by atoms with Crippen LogP contribution < -0.4 is 4.90 Å². The fourth-order valence-corrected chi connectivity index (χ4v) is 2.97. The van der Waals surface area contributed by atoms with Crippen LogP contribution in [-0.2, 0) is 13.6 Å². The number of imidazole rings is 1. The summed E-state index contributed by atoms with van der Waals surface area (Å²) in [7, 11) is 1.89. The number of aryl methyl sites for hydroxylation is 1. The van der Waals surface area contributed by atoms with E-state index in [9.17, 15) is 5.11 Å². The van der Waals surface area contributed by atoms with Crippen molar-refractivity contribution in [3.8, 4) is 0 Å². The largest absolute Gasteiger partial charge is 0.467 e. The quantitative estimate of drug-likeness (QED) is 0.576. The Morgan fingerprint density at radius 3 is 2.73 bits per heavy atom. The number of nitrogens with zero attached hydrogens (tertiary/aromatic N) is 5. The van der Waals surface area contributed by atoms with Crippen molar-refractivity contribution in [1.29, 1.82) is 0 Å². The van der Waals surface area contributed by atoms with Gasteiger partial charge in [-0.25, -0.2) is 15.0 Å². The zero-order valence-electron chi connectivity index (χ0n) is 14.4. The Morgan fingerprint density at radius 2 is 1.96 bits per heavy atom. The maximum absolute atomic E-state index is 10.6. The molecule has 0 amide bonds. The molecular formula is C19H19N5O2. The molecule has 1 unspecified atom stereocenters. The summed E-state index contributed by atoms with van der Waals surface area (Å²) in [5.74, 6) is 1.21. The summed E-state index contributed by atoms with van der Waals surface area (Å²) in [6, 6.07) is 13.6. The molecule has 1 N–H and O–H groups in total. The molecule has 7 nitrogen and oxygen atoms in total. The molecule has 1 atom stereocenters. The van der Waals surface area contributed by atoms with Gasteiger partial charge in [-0.05, 0) is 17.7 Å². The summed E-state index contributed by atoms with van der Waals surface area (Å²) in [6.07, 6.45) is 4.02. The lowest BCUT2D eigenvalue weighted by atomic mass is 10.2. The molecule has 0 bridgehead atoms. The Balaban J connectivity index is 1.71. The number of benzene rings is 1. The summed E-state index contributed by atoms with van der Waals surface area (Å²) >= 11 is 0. The van der Waals surface area contributed by atoms with E-state index in [1.54, 1.807) is 24.7 Å². The predicted octanol–water partition coefficient (Wildman–Crippen LogP) is 2.70. The molecule has 0 aliphatic carbocycles. The Bertz CT molecular complexity index is 982. The average molecular weight is 349 g/mol. The van der Waals surface area contributed by atoms with Crippen molar-refractivity contribution in [1.82, 2.24) is 19.5 Å². The fraction of sp³-hybridized carbons (Fsp3) is 0.211. The minimum atomic E-state index is -0.776. The third-order valence-corrected chi connectivity index (χ3v) is 4.26. The summed E-state index contributed by atoms with van der Waals surface area (Å²) in [5, 5.41) is 10.6. The number of anilines is 1. The summed E-state index contributed by atoms with van der Waals surface area (Å²) < 4.78 is 7.20. The third kappa shape index (κ3) is 3.16. The lowest BCUT2D eigenvalue weighted by molar-refractivity contribution is 0.154. The first-order chi connectivity index (χ1) is 12.7. The predicted molar refractivity (Wildman–Crippen MR) is 97.5 cm³/mol. The number of aliphatic hydroxyl groups is 1. The number of fused-ring (bicyclic) bond motifs is 1. The van der Waals surface area contributed by atoms with Crippen LogP contribution in [0.3, 0.4) is 0 Å². The second-order valence-corrected chi connectivity index (χ2v) is 6.12. The van der Waals surface area contributed by atoms with Crippen LogP contribution in [0, 0.1) is 0 Å². The minimum absolute atomic E-state index is 0.324. The van der Waals surface area contributed by atoms with E-state index in [0.29, 0.717) is 30.2 Å². The Morgan fingerprint density at radius 1 is 1.12 bits per heavy atom. The van der Waals surface area contributed by atoms with Crippen molar-refractivity contribution in [2.75, 3.05) is 11.4 Å². The van der Waals surface area contributed by atoms with Crippen molar-refractivity contribution in [3.63, 3.8) is 0 Å². The lowest BCUT2D eigenvalue weighted by Crippen LogP contribution is -2.29. The third-order valence-electron chi connectivity index (χ3n) is 4.26. The highest BCUT2D eigenvalue weighted by Gasteiger charge is 2.21. The molecule has 0 saturated carbocycles. The molecule has 1 aromatic carbocycles. The van der Waals surface area contributed by atoms with E-state index in [1.807, 2.05) is 46.8 Å². The van der Waals surface area contributed by atoms with Crippen molar-refractivity contribution in [3.05, 3.63) is 72.7 Å². The van der Waals surface area contributed by atoms with Crippen LogP contribution in [0.5, 0.6) is 0 Å². The van der Waals surface area contributed by atoms with Gasteiger partial charge < -0.3 is 19.0 Å². The molecule has 0 radical (unpaired) electrons. The summed E-state index contributed by atoms with van der Waals surface area (Å²) in [5.41, 5.74) is 2.57. The molecule has 4 aromatic rings. The van der Waals surface area contributed by atoms with Gasteiger partial charge in [0.05, 0.1) is 19.1 Å². The van der Waals surface area contributed by atoms with Crippen LogP contribution in [0.4, 0.5) is 5.82 Å². The molecule has 7 heteroatoms. The lowest BCUT2D eigenvalue weighted by Gasteiger charge is -2.26. The highest BCUT2D eigenvalue weighted by Crippen LogP contribution is 2.25. The Kier molecular flexibility index (Phi) is 4.37. The van der Waals surface area contributed by atoms with Crippen molar-refractivity contribution in [2.24, 2.45) is 7.05 Å². The number of hydrogen-bond acceptors (Lipinski definition) is 6. The molecule has 4 rings (SSSR count). The molecule has 3 heterocycles. The zero-order valence-corrected chi connectivity index (χ0v) is 14.4. The molecule has 26 heavy (non-hydrogen) atoms. The summed E-state index contributed by atoms with van der Waals surface area (Å²) in [4.78, 5) is 15.2. The van der Waals surface area contributed by atoms with Crippen molar-refractivity contribution in [2.45, 2.75) is 12.6 Å². The van der Waals surface area contributed by atoms with Gasteiger partial charge in [0.25, 0.3) is 0 Å². The second-order valence-electron chi connectivity index (χ2n) is 6.12.